The van der Waals surface area contributed by atoms with Crippen molar-refractivity contribution in [2.75, 3.05) is 36.8 Å². The van der Waals surface area contributed by atoms with Gasteiger partial charge in [0.1, 0.15) is 5.82 Å². The minimum atomic E-state index is -0.835. The highest BCUT2D eigenvalue weighted by molar-refractivity contribution is 6.32. The summed E-state index contributed by atoms with van der Waals surface area (Å²) in [5.74, 6) is -0.0251. The number of nitrogen functional groups attached to an aromatic ring is 1. The first-order chi connectivity index (χ1) is 21.8. The Bertz CT molecular complexity index is 1260. The summed E-state index contributed by atoms with van der Waals surface area (Å²) in [7, 11) is 0. The number of halogens is 1. The summed E-state index contributed by atoms with van der Waals surface area (Å²) in [4.78, 5) is 62.5. The summed E-state index contributed by atoms with van der Waals surface area (Å²) < 4.78 is 0. The lowest BCUT2D eigenvalue weighted by atomic mass is 9.98. The highest BCUT2D eigenvalue weighted by Gasteiger charge is 2.26. The third-order valence-corrected chi connectivity index (χ3v) is 7.63. The Kier molecular flexibility index (Phi) is 17.6. The second-order valence-corrected chi connectivity index (χ2v) is 11.6. The van der Waals surface area contributed by atoms with Gasteiger partial charge in [0.25, 0.3) is 5.91 Å². The number of carbonyl (C=O) groups excluding carboxylic acids is 4. The molecule has 1 saturated heterocycles. The van der Waals surface area contributed by atoms with Crippen molar-refractivity contribution in [2.45, 2.75) is 93.4 Å². The number of amides is 4. The van der Waals surface area contributed by atoms with E-state index < -0.39 is 11.8 Å². The van der Waals surface area contributed by atoms with Crippen molar-refractivity contribution < 1.29 is 19.2 Å². The van der Waals surface area contributed by atoms with Gasteiger partial charge in [-0.3, -0.25) is 24.5 Å². The molecular formula is C31H53ClN10O4. The molecule has 0 aromatic carbocycles. The molecule has 0 aliphatic carbocycles. The van der Waals surface area contributed by atoms with Gasteiger partial charge in [-0.2, -0.15) is 4.99 Å². The van der Waals surface area contributed by atoms with Crippen LogP contribution in [0, 0.1) is 11.8 Å². The number of aromatic nitrogens is 2. The van der Waals surface area contributed by atoms with Crippen LogP contribution in [0.3, 0.4) is 0 Å². The molecule has 14 nitrogen and oxygen atoms in total. The third-order valence-electron chi connectivity index (χ3n) is 7.37. The number of nitrogens with two attached hydrogens (primary N) is 3. The number of piperidine rings is 1. The number of carbonyl (C=O) groups is 4. The maximum absolute atomic E-state index is 12.4. The average Bonchev–Trinajstić information content (AvgIpc) is 3.17. The number of anilines is 2. The van der Waals surface area contributed by atoms with E-state index in [9.17, 15) is 19.2 Å². The molecular weight excluding hydrogens is 612 g/mol. The number of nitrogens with zero attached hydrogens (tertiary/aromatic N) is 5. The molecule has 0 saturated carbocycles. The molecule has 1 unspecified atom stereocenters. The monoisotopic (exact) mass is 664 g/mol. The fourth-order valence-corrected chi connectivity index (χ4v) is 4.93. The van der Waals surface area contributed by atoms with Crippen LogP contribution >= 0.6 is 11.6 Å². The molecule has 1 aromatic rings. The van der Waals surface area contributed by atoms with Gasteiger partial charge in [-0.05, 0) is 43.9 Å². The summed E-state index contributed by atoms with van der Waals surface area (Å²) >= 11 is 6.25. The zero-order valence-corrected chi connectivity index (χ0v) is 29.2. The Morgan fingerprint density at radius 3 is 2.35 bits per heavy atom. The predicted octanol–water partition coefficient (Wildman–Crippen LogP) is 3.31. The molecule has 46 heavy (non-hydrogen) atoms. The maximum Gasteiger partial charge on any atom is 0.302 e. The lowest BCUT2D eigenvalue weighted by Gasteiger charge is -2.31. The third kappa shape index (κ3) is 12.8. The largest absolute Gasteiger partial charge is 0.385 e. The Labute approximate surface area is 278 Å². The second kappa shape index (κ2) is 20.2. The molecule has 258 valence electrons. The van der Waals surface area contributed by atoms with Crippen LogP contribution in [0.2, 0.25) is 5.15 Å². The van der Waals surface area contributed by atoms with Gasteiger partial charge in [-0.1, -0.05) is 59.6 Å². The molecule has 15 heteroatoms. The number of hydrogen-bond acceptors (Lipinski definition) is 9. The van der Waals surface area contributed by atoms with Gasteiger partial charge in [-0.25, -0.2) is 9.97 Å². The van der Waals surface area contributed by atoms with E-state index in [0.29, 0.717) is 42.5 Å². The molecule has 8 N–H and O–H groups in total. The van der Waals surface area contributed by atoms with E-state index >= 15 is 0 Å². The van der Waals surface area contributed by atoms with Crippen molar-refractivity contribution in [1.82, 2.24) is 25.5 Å². The van der Waals surface area contributed by atoms with Gasteiger partial charge in [0, 0.05) is 39.5 Å². The van der Waals surface area contributed by atoms with Gasteiger partial charge >= 0.3 is 5.91 Å². The molecule has 3 heterocycles. The minimum absolute atomic E-state index is 0.00148. The molecule has 0 radical (unpaired) electrons. The zero-order valence-electron chi connectivity index (χ0n) is 28.4. The Morgan fingerprint density at radius 1 is 1.15 bits per heavy atom. The number of guanidine groups is 1. The van der Waals surface area contributed by atoms with E-state index in [1.807, 2.05) is 30.6 Å². The highest BCUT2D eigenvalue weighted by Crippen LogP contribution is 2.26. The van der Waals surface area contributed by atoms with E-state index in [4.69, 9.17) is 28.8 Å². The lowest BCUT2D eigenvalue weighted by molar-refractivity contribution is -0.128. The first-order valence-electron chi connectivity index (χ1n) is 16.1. The van der Waals surface area contributed by atoms with Crippen LogP contribution in [-0.4, -0.2) is 70.6 Å². The van der Waals surface area contributed by atoms with E-state index in [1.165, 1.54) is 6.92 Å². The van der Waals surface area contributed by atoms with Gasteiger partial charge in [-0.15, -0.1) is 0 Å². The summed E-state index contributed by atoms with van der Waals surface area (Å²) in [6, 6.07) is 0. The van der Waals surface area contributed by atoms with E-state index in [0.717, 1.165) is 51.9 Å². The van der Waals surface area contributed by atoms with E-state index in [1.54, 1.807) is 0 Å². The second-order valence-electron chi connectivity index (χ2n) is 11.3. The topological polar surface area (TPSA) is 215 Å². The van der Waals surface area contributed by atoms with Gasteiger partial charge < -0.3 is 32.3 Å². The normalized spacial score (nSPS) is 16.1. The van der Waals surface area contributed by atoms with Crippen molar-refractivity contribution in [3.8, 4) is 0 Å². The molecule has 1 aromatic heterocycles. The Balaban J connectivity index is 0.000000460. The number of rotatable bonds is 8. The van der Waals surface area contributed by atoms with E-state index in [2.05, 4.69) is 46.4 Å². The summed E-state index contributed by atoms with van der Waals surface area (Å²) in [6.07, 6.45) is 5.72. The standard InChI is InChI=1S/C16H26ClN7O2.C13H21N3O2.C2H6/c1-5-7-24(8-9(3)6-2)14-12(17)21-11(13(18)22-14)15(26)23-16(19)20-10(4)25;1-9-5-7-16(8-6-9)13(18)10-3-2-4-11(17)15-12(10)14;1-2/h9H,5-8H2,1-4H3,(H2,18,22)(H3,19,20,23,25,26);9H,2-8,14H2,1H3,(H,15,17);1-2H3. The number of likely N-dealkylation sites (tertiary alicyclic amines) is 1. The predicted molar refractivity (Wildman–Crippen MR) is 183 cm³/mol. The van der Waals surface area contributed by atoms with Crippen LogP contribution in [0.25, 0.3) is 0 Å². The maximum atomic E-state index is 12.4. The summed E-state index contributed by atoms with van der Waals surface area (Å²) in [6.45, 7) is 16.8. The minimum Gasteiger partial charge on any atom is -0.385 e. The number of hydrogen-bond donors (Lipinski definition) is 5. The summed E-state index contributed by atoms with van der Waals surface area (Å²) in [5.41, 5.74) is 17.5. The van der Waals surface area contributed by atoms with Crippen LogP contribution in [0.4, 0.5) is 11.6 Å². The molecule has 4 amide bonds. The van der Waals surface area contributed by atoms with Crippen molar-refractivity contribution in [2.24, 2.45) is 28.3 Å². The van der Waals surface area contributed by atoms with E-state index in [-0.39, 0.29) is 40.3 Å². The van der Waals surface area contributed by atoms with Crippen molar-refractivity contribution >= 4 is 52.8 Å². The molecule has 0 bridgehead atoms. The molecule has 1 atom stereocenters. The SMILES string of the molecule is CC.CC1CCN(C(=O)C2=C(N)NC(=O)CCC2)CC1.CCCN(CC(C)CC)c1nc(N)c(C(=O)N=C(N)NC(C)=O)nc1Cl. The first-order valence-corrected chi connectivity index (χ1v) is 16.5. The van der Waals surface area contributed by atoms with Crippen LogP contribution in [-0.2, 0) is 14.4 Å². The fraction of sp³-hybridized carbons (Fsp3) is 0.645. The van der Waals surface area contributed by atoms with Crippen LogP contribution in [0.5, 0.6) is 0 Å². The van der Waals surface area contributed by atoms with Gasteiger partial charge in [0.05, 0.1) is 5.57 Å². The summed E-state index contributed by atoms with van der Waals surface area (Å²) in [5, 5.41) is 4.84. The fourth-order valence-electron chi connectivity index (χ4n) is 4.68. The molecule has 2 aliphatic rings. The lowest BCUT2D eigenvalue weighted by Crippen LogP contribution is -2.40. The zero-order chi connectivity index (χ0) is 35.0. The highest BCUT2D eigenvalue weighted by atomic mass is 35.5. The van der Waals surface area contributed by atoms with Crippen LogP contribution in [0.1, 0.15) is 104 Å². The van der Waals surface area contributed by atoms with Crippen molar-refractivity contribution in [3.63, 3.8) is 0 Å². The smallest absolute Gasteiger partial charge is 0.302 e. The molecule has 3 rings (SSSR count). The van der Waals surface area contributed by atoms with Crippen molar-refractivity contribution in [1.29, 1.82) is 0 Å². The quantitative estimate of drug-likeness (QED) is 0.202. The van der Waals surface area contributed by atoms with Crippen LogP contribution < -0.4 is 32.7 Å². The average molecular weight is 665 g/mol. The Hall–Kier alpha value is -3.94. The Morgan fingerprint density at radius 2 is 1.78 bits per heavy atom. The van der Waals surface area contributed by atoms with Crippen LogP contribution in [0.15, 0.2) is 16.4 Å². The van der Waals surface area contributed by atoms with Gasteiger partial charge in [0.15, 0.2) is 22.5 Å². The number of nitrogens with one attached hydrogen (secondary N) is 2. The molecule has 2 aliphatic heterocycles. The molecule has 1 fully saturated rings. The van der Waals surface area contributed by atoms with Crippen molar-refractivity contribution in [3.05, 3.63) is 22.2 Å². The molecule has 0 spiro atoms. The van der Waals surface area contributed by atoms with Gasteiger partial charge in [0.2, 0.25) is 17.8 Å². The first kappa shape index (κ1) is 40.1. The number of aliphatic imine (C=N–C) groups is 1.